The molecule has 0 radical (unpaired) electrons. The van der Waals surface area contributed by atoms with E-state index in [0.717, 1.165) is 20.5 Å². The summed E-state index contributed by atoms with van der Waals surface area (Å²) < 4.78 is 6.56. The van der Waals surface area contributed by atoms with Crippen LogP contribution in [0, 0.1) is 11.3 Å². The summed E-state index contributed by atoms with van der Waals surface area (Å²) in [6, 6.07) is 12.2. The maximum atomic E-state index is 12.6. The van der Waals surface area contributed by atoms with Crippen molar-refractivity contribution in [3.05, 3.63) is 55.7 Å². The van der Waals surface area contributed by atoms with E-state index in [-0.39, 0.29) is 12.0 Å². The molecule has 1 aliphatic rings. The number of thiophene rings is 1. The molecule has 1 unspecified atom stereocenters. The lowest BCUT2D eigenvalue weighted by molar-refractivity contribution is 0.0216. The smallest absolute Gasteiger partial charge is 0.410 e. The van der Waals surface area contributed by atoms with Crippen molar-refractivity contribution in [3.8, 4) is 6.07 Å². The summed E-state index contributed by atoms with van der Waals surface area (Å²) in [5.41, 5.74) is 1.71. The fraction of sp³-hybridized carbons (Fsp3) is 0.368. The normalized spacial score (nSPS) is 16.9. The number of nitriles is 1. The number of nitrogens with zero attached hydrogens (tertiary/aromatic N) is 2. The van der Waals surface area contributed by atoms with Crippen LogP contribution in [0.1, 0.15) is 47.6 Å². The van der Waals surface area contributed by atoms with Crippen molar-refractivity contribution in [3.63, 3.8) is 0 Å². The van der Waals surface area contributed by atoms with Crippen LogP contribution < -0.4 is 0 Å². The van der Waals surface area contributed by atoms with E-state index < -0.39 is 5.60 Å². The quantitative estimate of drug-likeness (QED) is 0.633. The van der Waals surface area contributed by atoms with Gasteiger partial charge in [0.25, 0.3) is 0 Å². The number of ether oxygens (including phenoxy) is 1. The third-order valence-corrected chi connectivity index (χ3v) is 5.76. The Morgan fingerprint density at radius 3 is 2.72 bits per heavy atom. The number of halogens is 1. The number of amides is 1. The summed E-state index contributed by atoms with van der Waals surface area (Å²) >= 11 is 5.07. The highest BCUT2D eigenvalue weighted by molar-refractivity contribution is 9.10. The lowest BCUT2D eigenvalue weighted by Gasteiger charge is -2.34. The maximum Gasteiger partial charge on any atom is 0.410 e. The molecular formula is C19H19BrN2O2S. The van der Waals surface area contributed by atoms with Gasteiger partial charge in [-0.1, -0.05) is 34.1 Å². The fourth-order valence-electron chi connectivity index (χ4n) is 2.96. The van der Waals surface area contributed by atoms with Crippen LogP contribution in [0.2, 0.25) is 0 Å². The molecule has 0 fully saturated rings. The number of fused-ring (bicyclic) bond motifs is 1. The summed E-state index contributed by atoms with van der Waals surface area (Å²) in [7, 11) is 0. The van der Waals surface area contributed by atoms with E-state index in [1.54, 1.807) is 4.90 Å². The van der Waals surface area contributed by atoms with E-state index in [0.29, 0.717) is 18.0 Å². The first-order chi connectivity index (χ1) is 11.8. The van der Waals surface area contributed by atoms with Crippen molar-refractivity contribution in [2.45, 2.75) is 38.8 Å². The van der Waals surface area contributed by atoms with Crippen LogP contribution in [-0.2, 0) is 11.3 Å². The lowest BCUT2D eigenvalue weighted by atomic mass is 9.88. The molecule has 3 rings (SSSR count). The molecular weight excluding hydrogens is 400 g/mol. The summed E-state index contributed by atoms with van der Waals surface area (Å²) in [4.78, 5) is 16.0. The summed E-state index contributed by atoms with van der Waals surface area (Å²) in [6.07, 6.45) is -0.317. The van der Waals surface area contributed by atoms with Gasteiger partial charge in [-0.15, -0.1) is 11.3 Å². The van der Waals surface area contributed by atoms with Gasteiger partial charge < -0.3 is 9.64 Å². The molecule has 130 valence electrons. The molecule has 25 heavy (non-hydrogen) atoms. The van der Waals surface area contributed by atoms with Gasteiger partial charge in [-0.3, -0.25) is 0 Å². The fourth-order valence-corrected chi connectivity index (χ4v) is 4.56. The molecule has 0 spiro atoms. The van der Waals surface area contributed by atoms with Gasteiger partial charge in [0.2, 0.25) is 0 Å². The Hall–Kier alpha value is -1.84. The highest BCUT2D eigenvalue weighted by Crippen LogP contribution is 2.40. The Labute approximate surface area is 160 Å². The highest BCUT2D eigenvalue weighted by atomic mass is 79.9. The zero-order chi connectivity index (χ0) is 18.2. The molecule has 0 bridgehead atoms. The predicted molar refractivity (Wildman–Crippen MR) is 102 cm³/mol. The average Bonchev–Trinajstić information content (AvgIpc) is 2.96. The van der Waals surface area contributed by atoms with Gasteiger partial charge in [0, 0.05) is 21.8 Å². The third-order valence-electron chi connectivity index (χ3n) is 4.00. The minimum Gasteiger partial charge on any atom is -0.444 e. The zero-order valence-electron chi connectivity index (χ0n) is 14.4. The molecule has 1 aromatic carbocycles. The second-order valence-electron chi connectivity index (χ2n) is 7.04. The van der Waals surface area contributed by atoms with Crippen LogP contribution in [0.25, 0.3) is 0 Å². The lowest BCUT2D eigenvalue weighted by Crippen LogP contribution is -2.41. The molecule has 1 amide bonds. The SMILES string of the molecule is CC(C)(C)OC(=O)N1Cc2sc(C#N)cc2C(c2ccccc2Br)C1. The molecule has 2 heterocycles. The van der Waals surface area contributed by atoms with Gasteiger partial charge in [-0.2, -0.15) is 5.26 Å². The van der Waals surface area contributed by atoms with E-state index in [1.807, 2.05) is 45.0 Å². The second kappa shape index (κ2) is 6.81. The number of benzene rings is 1. The average molecular weight is 419 g/mol. The molecule has 1 atom stereocenters. The van der Waals surface area contributed by atoms with Crippen molar-refractivity contribution >= 4 is 33.4 Å². The largest absolute Gasteiger partial charge is 0.444 e. The van der Waals surface area contributed by atoms with Gasteiger partial charge in [0.1, 0.15) is 16.5 Å². The minimum absolute atomic E-state index is 0.0187. The van der Waals surface area contributed by atoms with Crippen LogP contribution in [0.3, 0.4) is 0 Å². The van der Waals surface area contributed by atoms with E-state index in [1.165, 1.54) is 11.3 Å². The Bertz CT molecular complexity index is 848. The molecule has 1 aliphatic heterocycles. The Morgan fingerprint density at radius 2 is 2.08 bits per heavy atom. The first-order valence-corrected chi connectivity index (χ1v) is 9.64. The Balaban J connectivity index is 2.00. The molecule has 0 saturated carbocycles. The van der Waals surface area contributed by atoms with Gasteiger partial charge in [0.15, 0.2) is 0 Å². The van der Waals surface area contributed by atoms with Crippen LogP contribution in [0.5, 0.6) is 0 Å². The molecule has 0 saturated heterocycles. The van der Waals surface area contributed by atoms with Crippen LogP contribution in [-0.4, -0.2) is 23.1 Å². The third kappa shape index (κ3) is 3.88. The Morgan fingerprint density at radius 1 is 1.36 bits per heavy atom. The standard InChI is InChI=1S/C19H19BrN2O2S/c1-19(2,3)24-18(23)22-10-15(13-6-4-5-7-16(13)20)14-8-12(9-21)25-17(14)11-22/h4-8,15H,10-11H2,1-3H3. The summed E-state index contributed by atoms with van der Waals surface area (Å²) in [5.74, 6) is 0.0187. The molecule has 1 aromatic heterocycles. The van der Waals surface area contributed by atoms with Crippen molar-refractivity contribution in [2.24, 2.45) is 0 Å². The monoisotopic (exact) mass is 418 g/mol. The molecule has 4 nitrogen and oxygen atoms in total. The topological polar surface area (TPSA) is 53.3 Å². The van der Waals surface area contributed by atoms with E-state index in [4.69, 9.17) is 4.74 Å². The molecule has 2 aromatic rings. The predicted octanol–water partition coefficient (Wildman–Crippen LogP) is 5.26. The molecule has 0 aliphatic carbocycles. The summed E-state index contributed by atoms with van der Waals surface area (Å²) in [5, 5.41) is 9.27. The first-order valence-electron chi connectivity index (χ1n) is 8.03. The van der Waals surface area contributed by atoms with Crippen LogP contribution >= 0.6 is 27.3 Å². The van der Waals surface area contributed by atoms with Crippen LogP contribution in [0.15, 0.2) is 34.8 Å². The number of hydrogen-bond donors (Lipinski definition) is 0. The zero-order valence-corrected chi connectivity index (χ0v) is 16.8. The van der Waals surface area contributed by atoms with Crippen molar-refractivity contribution in [1.29, 1.82) is 5.26 Å². The van der Waals surface area contributed by atoms with Crippen LogP contribution in [0.4, 0.5) is 4.79 Å². The number of hydrogen-bond acceptors (Lipinski definition) is 4. The van der Waals surface area contributed by atoms with Gasteiger partial charge >= 0.3 is 6.09 Å². The van der Waals surface area contributed by atoms with Crippen molar-refractivity contribution in [2.75, 3.05) is 6.54 Å². The van der Waals surface area contributed by atoms with Gasteiger partial charge in [0.05, 0.1) is 6.54 Å². The second-order valence-corrected chi connectivity index (χ2v) is 9.03. The number of carbonyl (C=O) groups is 1. The number of rotatable bonds is 1. The first kappa shape index (κ1) is 18.0. The molecule has 0 N–H and O–H groups in total. The van der Waals surface area contributed by atoms with Gasteiger partial charge in [-0.25, -0.2) is 4.79 Å². The van der Waals surface area contributed by atoms with Gasteiger partial charge in [-0.05, 0) is 44.0 Å². The number of carbonyl (C=O) groups excluding carboxylic acids is 1. The molecule has 6 heteroatoms. The van der Waals surface area contributed by atoms with Crippen molar-refractivity contribution < 1.29 is 9.53 Å². The minimum atomic E-state index is -0.534. The maximum absolute atomic E-state index is 12.6. The summed E-state index contributed by atoms with van der Waals surface area (Å²) in [6.45, 7) is 6.61. The van der Waals surface area contributed by atoms with Crippen molar-refractivity contribution in [1.82, 2.24) is 4.90 Å². The van der Waals surface area contributed by atoms with E-state index in [2.05, 4.69) is 28.1 Å². The highest BCUT2D eigenvalue weighted by Gasteiger charge is 2.34. The Kier molecular flexibility index (Phi) is 4.90. The van der Waals surface area contributed by atoms with E-state index in [9.17, 15) is 10.1 Å². The van der Waals surface area contributed by atoms with E-state index >= 15 is 0 Å².